The summed E-state index contributed by atoms with van der Waals surface area (Å²) in [5.41, 5.74) is -0.0247. The van der Waals surface area contributed by atoms with Crippen LogP contribution in [-0.4, -0.2) is 46.6 Å². The van der Waals surface area contributed by atoms with Crippen molar-refractivity contribution in [2.75, 3.05) is 0 Å². The monoisotopic (exact) mass is 624 g/mol. The van der Waals surface area contributed by atoms with E-state index in [2.05, 4.69) is 0 Å². The molecule has 4 aromatic carbocycles. The summed E-state index contributed by atoms with van der Waals surface area (Å²) < 4.78 is 5.81. The predicted molar refractivity (Wildman–Crippen MR) is 166 cm³/mol. The van der Waals surface area contributed by atoms with Crippen LogP contribution in [0.3, 0.4) is 0 Å². The molecule has 46 heavy (non-hydrogen) atoms. The van der Waals surface area contributed by atoms with E-state index >= 15 is 0 Å². The minimum absolute atomic E-state index is 0.0449. The van der Waals surface area contributed by atoms with Crippen molar-refractivity contribution in [3.63, 3.8) is 0 Å². The highest BCUT2D eigenvalue weighted by molar-refractivity contribution is 6.00. The van der Waals surface area contributed by atoms with Gasteiger partial charge in [-0.2, -0.15) is 0 Å². The maximum absolute atomic E-state index is 14.3. The van der Waals surface area contributed by atoms with Crippen molar-refractivity contribution >= 4 is 16.8 Å². The molecule has 1 aromatic heterocycles. The number of hydrogen-bond donors (Lipinski definition) is 8. The number of phenolic OH excluding ortho intramolecular Hbond substituents is 8. The SMILES string of the molecule is CC1=CC(c2c(O)ccc(-c3cc(=O)c4c(O)cc(O)cc4o3)c2O)C(C(=O)c2cc(O)cc(O)c2)C(c2ccc(O)cc2O)C1. The molecule has 0 fully saturated rings. The van der Waals surface area contributed by atoms with Gasteiger partial charge in [0.05, 0.1) is 5.56 Å². The van der Waals surface area contributed by atoms with E-state index in [1.807, 2.05) is 0 Å². The first-order chi connectivity index (χ1) is 21.8. The number of aromatic hydroxyl groups is 8. The van der Waals surface area contributed by atoms with Crippen LogP contribution >= 0.6 is 0 Å². The number of carbonyl (C=O) groups excluding carboxylic acids is 1. The first kappa shape index (κ1) is 29.9. The molecule has 0 aliphatic heterocycles. The maximum Gasteiger partial charge on any atom is 0.197 e. The van der Waals surface area contributed by atoms with Gasteiger partial charge in [0.15, 0.2) is 11.2 Å². The van der Waals surface area contributed by atoms with Gasteiger partial charge < -0.3 is 45.3 Å². The number of fused-ring (bicyclic) bond motifs is 1. The van der Waals surface area contributed by atoms with Crippen molar-refractivity contribution in [1.82, 2.24) is 0 Å². The summed E-state index contributed by atoms with van der Waals surface area (Å²) >= 11 is 0. The summed E-state index contributed by atoms with van der Waals surface area (Å²) in [6, 6.07) is 13.0. The van der Waals surface area contributed by atoms with Gasteiger partial charge in [-0.1, -0.05) is 17.7 Å². The van der Waals surface area contributed by atoms with Crippen LogP contribution in [0.25, 0.3) is 22.3 Å². The maximum atomic E-state index is 14.3. The van der Waals surface area contributed by atoms with E-state index in [-0.39, 0.29) is 68.6 Å². The Hall–Kier alpha value is -6.10. The Balaban J connectivity index is 1.58. The van der Waals surface area contributed by atoms with E-state index in [9.17, 15) is 50.4 Å². The van der Waals surface area contributed by atoms with Crippen molar-refractivity contribution in [3.8, 4) is 57.3 Å². The minimum Gasteiger partial charge on any atom is -0.508 e. The Bertz CT molecular complexity index is 2120. The van der Waals surface area contributed by atoms with E-state index in [1.54, 1.807) is 13.0 Å². The lowest BCUT2D eigenvalue weighted by Crippen LogP contribution is -2.31. The van der Waals surface area contributed by atoms with E-state index < -0.39 is 46.2 Å². The Morgan fingerprint density at radius 1 is 0.739 bits per heavy atom. The topological polar surface area (TPSA) is 209 Å². The van der Waals surface area contributed by atoms with E-state index in [0.717, 1.165) is 35.9 Å². The molecule has 0 spiro atoms. The summed E-state index contributed by atoms with van der Waals surface area (Å²) in [5, 5.41) is 84.0. The van der Waals surface area contributed by atoms with Crippen molar-refractivity contribution in [2.24, 2.45) is 5.92 Å². The lowest BCUT2D eigenvalue weighted by Gasteiger charge is -2.37. The molecule has 0 amide bonds. The molecule has 0 bridgehead atoms. The molecule has 0 saturated carbocycles. The highest BCUT2D eigenvalue weighted by atomic mass is 16.3. The molecule has 6 rings (SSSR count). The molecule has 0 radical (unpaired) electrons. The fraction of sp³-hybridized carbons (Fsp3) is 0.143. The largest absolute Gasteiger partial charge is 0.508 e. The van der Waals surface area contributed by atoms with Gasteiger partial charge in [-0.25, -0.2) is 0 Å². The molecule has 1 aliphatic carbocycles. The standard InChI is InChI=1S/C35H28O11/c1-15-6-23(21-3-2-17(36)11-26(21)41)31(34(44)16-8-18(37)10-19(38)9-16)24(7-15)32-25(40)5-4-22(35(32)45)29-14-28(43)33-27(42)12-20(39)13-30(33)46-29/h2-5,7-14,23-24,31,36-42,45H,6H2,1H3. The number of carbonyl (C=O) groups is 1. The van der Waals surface area contributed by atoms with Gasteiger partial charge in [-0.3, -0.25) is 9.59 Å². The fourth-order valence-corrected chi connectivity index (χ4v) is 6.40. The Morgan fingerprint density at radius 3 is 2.11 bits per heavy atom. The lowest BCUT2D eigenvalue weighted by molar-refractivity contribution is 0.0878. The second-order valence-corrected chi connectivity index (χ2v) is 11.4. The van der Waals surface area contributed by atoms with Crippen LogP contribution < -0.4 is 5.43 Å². The molecular formula is C35H28O11. The molecule has 11 nitrogen and oxygen atoms in total. The van der Waals surface area contributed by atoms with Gasteiger partial charge in [0, 0.05) is 59.2 Å². The second kappa shape index (κ2) is 11.1. The average Bonchev–Trinajstić information content (AvgIpc) is 2.95. The number of allylic oxidation sites excluding steroid dienone is 2. The number of rotatable bonds is 5. The smallest absolute Gasteiger partial charge is 0.197 e. The molecule has 3 unspecified atom stereocenters. The first-order valence-electron chi connectivity index (χ1n) is 14.1. The first-order valence-corrected chi connectivity index (χ1v) is 14.1. The van der Waals surface area contributed by atoms with Gasteiger partial charge in [0.25, 0.3) is 0 Å². The fourth-order valence-electron chi connectivity index (χ4n) is 6.40. The van der Waals surface area contributed by atoms with Crippen molar-refractivity contribution in [1.29, 1.82) is 0 Å². The van der Waals surface area contributed by atoms with Gasteiger partial charge >= 0.3 is 0 Å². The van der Waals surface area contributed by atoms with Gasteiger partial charge in [-0.15, -0.1) is 0 Å². The summed E-state index contributed by atoms with van der Waals surface area (Å²) in [5.74, 6) is -6.79. The van der Waals surface area contributed by atoms with Crippen molar-refractivity contribution in [2.45, 2.75) is 25.2 Å². The predicted octanol–water partition coefficient (Wildman–Crippen LogP) is 5.82. The number of phenols is 8. The Kier molecular flexibility index (Phi) is 7.24. The summed E-state index contributed by atoms with van der Waals surface area (Å²) in [7, 11) is 0. The van der Waals surface area contributed by atoms with Crippen LogP contribution in [0.4, 0.5) is 0 Å². The van der Waals surface area contributed by atoms with Crippen LogP contribution in [0.2, 0.25) is 0 Å². The van der Waals surface area contributed by atoms with E-state index in [1.165, 1.54) is 36.4 Å². The molecule has 1 heterocycles. The summed E-state index contributed by atoms with van der Waals surface area (Å²) in [4.78, 5) is 27.3. The van der Waals surface area contributed by atoms with E-state index in [0.29, 0.717) is 5.56 Å². The van der Waals surface area contributed by atoms with Crippen LogP contribution in [0.1, 0.15) is 46.7 Å². The number of Topliss-reactive ketones (excluding diaryl/α,β-unsaturated/α-hetero) is 1. The molecule has 0 saturated heterocycles. The van der Waals surface area contributed by atoms with Crippen molar-refractivity contribution in [3.05, 3.63) is 105 Å². The van der Waals surface area contributed by atoms with Gasteiger partial charge in [0.1, 0.15) is 62.7 Å². The zero-order valence-corrected chi connectivity index (χ0v) is 24.2. The third kappa shape index (κ3) is 5.17. The molecular weight excluding hydrogens is 596 g/mol. The van der Waals surface area contributed by atoms with Crippen LogP contribution in [0.5, 0.6) is 46.0 Å². The summed E-state index contributed by atoms with van der Waals surface area (Å²) in [6.45, 7) is 1.78. The lowest BCUT2D eigenvalue weighted by atomic mass is 9.65. The molecule has 5 aromatic rings. The number of hydrogen-bond acceptors (Lipinski definition) is 11. The summed E-state index contributed by atoms with van der Waals surface area (Å²) in [6.07, 6.45) is 1.94. The highest BCUT2D eigenvalue weighted by Crippen LogP contribution is 2.53. The van der Waals surface area contributed by atoms with Crippen molar-refractivity contribution < 1.29 is 50.1 Å². The normalized spacial score (nSPS) is 17.9. The third-order valence-corrected chi connectivity index (χ3v) is 8.32. The second-order valence-electron chi connectivity index (χ2n) is 11.4. The van der Waals surface area contributed by atoms with E-state index in [4.69, 9.17) is 4.42 Å². The van der Waals surface area contributed by atoms with Crippen LogP contribution in [-0.2, 0) is 0 Å². The average molecular weight is 625 g/mol. The minimum atomic E-state index is -1.15. The number of benzene rings is 4. The highest BCUT2D eigenvalue weighted by Gasteiger charge is 2.43. The Labute approximate surface area is 260 Å². The molecule has 234 valence electrons. The third-order valence-electron chi connectivity index (χ3n) is 8.32. The number of ketones is 1. The zero-order valence-electron chi connectivity index (χ0n) is 24.2. The van der Waals surface area contributed by atoms with Crippen LogP contribution in [0, 0.1) is 5.92 Å². The molecule has 3 atom stereocenters. The quantitative estimate of drug-likeness (QED) is 0.0862. The van der Waals surface area contributed by atoms with Crippen LogP contribution in [0.15, 0.2) is 87.6 Å². The van der Waals surface area contributed by atoms with Gasteiger partial charge in [0.2, 0.25) is 0 Å². The Morgan fingerprint density at radius 2 is 1.41 bits per heavy atom. The molecule has 11 heteroatoms. The van der Waals surface area contributed by atoms with Gasteiger partial charge in [-0.05, 0) is 49.2 Å². The molecule has 8 N–H and O–H groups in total. The zero-order chi connectivity index (χ0) is 33.0. The molecule has 1 aliphatic rings.